The number of benzene rings is 3. The van der Waals surface area contributed by atoms with E-state index in [-0.39, 0.29) is 43.4 Å². The van der Waals surface area contributed by atoms with Crippen molar-refractivity contribution in [1.29, 1.82) is 0 Å². The maximum absolute atomic E-state index is 13.8. The van der Waals surface area contributed by atoms with Gasteiger partial charge in [0.2, 0.25) is 15.9 Å². The number of hydrazine groups is 1. The van der Waals surface area contributed by atoms with Crippen molar-refractivity contribution in [3.8, 4) is 5.75 Å². The number of sulfonamides is 1. The van der Waals surface area contributed by atoms with Crippen LogP contribution in [0.2, 0.25) is 0 Å². The predicted molar refractivity (Wildman–Crippen MR) is 177 cm³/mol. The van der Waals surface area contributed by atoms with Crippen molar-refractivity contribution in [2.24, 2.45) is 5.92 Å². The van der Waals surface area contributed by atoms with E-state index in [1.54, 1.807) is 12.1 Å². The van der Waals surface area contributed by atoms with Crippen molar-refractivity contribution in [3.05, 3.63) is 96.1 Å². The zero-order chi connectivity index (χ0) is 33.5. The molecule has 3 atom stereocenters. The van der Waals surface area contributed by atoms with Crippen LogP contribution in [0.4, 0.5) is 4.79 Å². The Labute approximate surface area is 273 Å². The molecular weight excluding hydrogens is 606 g/mol. The molecule has 0 bridgehead atoms. The number of carbonyl (C=O) groups is 2. The van der Waals surface area contributed by atoms with Crippen LogP contribution >= 0.6 is 0 Å². The molecule has 0 aliphatic heterocycles. The van der Waals surface area contributed by atoms with Crippen molar-refractivity contribution in [2.45, 2.75) is 76.5 Å². The molecule has 0 radical (unpaired) electrons. The predicted octanol–water partition coefficient (Wildman–Crippen LogP) is 5.56. The molecule has 0 saturated carbocycles. The summed E-state index contributed by atoms with van der Waals surface area (Å²) in [6.45, 7) is 5.69. The molecule has 0 heterocycles. The third-order valence-electron chi connectivity index (χ3n) is 7.83. The second-order valence-corrected chi connectivity index (χ2v) is 13.3. The number of amides is 2. The third kappa shape index (κ3) is 10.9. The Kier molecular flexibility index (Phi) is 14.5. The lowest BCUT2D eigenvalue weighted by Crippen LogP contribution is -2.59. The van der Waals surface area contributed by atoms with Gasteiger partial charge in [-0.15, -0.1) is 0 Å². The minimum Gasteiger partial charge on any atom is -0.497 e. The SMILES string of the molecule is CCCCN(C[C@@H](O)C(Cc1ccccc1)N(NC(=O)OCc1ccccc1)C(=O)C[C@@H](C)CC)S(=O)(=O)c1ccc(OC)cc1. The van der Waals surface area contributed by atoms with Crippen molar-refractivity contribution >= 4 is 22.0 Å². The smallest absolute Gasteiger partial charge is 0.426 e. The molecule has 2 amide bonds. The zero-order valence-electron chi connectivity index (χ0n) is 27.2. The highest BCUT2D eigenvalue weighted by molar-refractivity contribution is 7.89. The highest BCUT2D eigenvalue weighted by Crippen LogP contribution is 2.23. The fourth-order valence-corrected chi connectivity index (χ4v) is 6.35. The molecule has 11 heteroatoms. The van der Waals surface area contributed by atoms with Gasteiger partial charge in [-0.2, -0.15) is 4.31 Å². The summed E-state index contributed by atoms with van der Waals surface area (Å²) in [5, 5.41) is 13.0. The first-order chi connectivity index (χ1) is 22.1. The second-order valence-electron chi connectivity index (χ2n) is 11.4. The number of hydrogen-bond donors (Lipinski definition) is 2. The molecule has 0 saturated heterocycles. The molecule has 0 fully saturated rings. The molecule has 2 N–H and O–H groups in total. The van der Waals surface area contributed by atoms with Crippen LogP contribution in [-0.2, 0) is 32.6 Å². The monoisotopic (exact) mass is 653 g/mol. The highest BCUT2D eigenvalue weighted by atomic mass is 32.2. The molecule has 10 nitrogen and oxygen atoms in total. The van der Waals surface area contributed by atoms with Crippen LogP contribution in [0.15, 0.2) is 89.8 Å². The lowest BCUT2D eigenvalue weighted by atomic mass is 9.98. The normalized spacial score (nSPS) is 13.4. The summed E-state index contributed by atoms with van der Waals surface area (Å²) in [4.78, 5) is 27.0. The first-order valence-electron chi connectivity index (χ1n) is 15.7. The van der Waals surface area contributed by atoms with E-state index in [0.717, 1.165) is 29.0 Å². The molecule has 3 aromatic rings. The summed E-state index contributed by atoms with van der Waals surface area (Å²) in [5.74, 6) is 0.106. The Hall–Kier alpha value is -3.93. The van der Waals surface area contributed by atoms with E-state index in [4.69, 9.17) is 9.47 Å². The van der Waals surface area contributed by atoms with Gasteiger partial charge in [0.25, 0.3) is 0 Å². The first-order valence-corrected chi connectivity index (χ1v) is 17.2. The lowest BCUT2D eigenvalue weighted by molar-refractivity contribution is -0.141. The fraction of sp³-hybridized carbons (Fsp3) is 0.429. The maximum atomic E-state index is 13.8. The number of nitrogens with zero attached hydrogens (tertiary/aromatic N) is 2. The molecule has 46 heavy (non-hydrogen) atoms. The average molecular weight is 654 g/mol. The van der Waals surface area contributed by atoms with Crippen molar-refractivity contribution in [2.75, 3.05) is 20.2 Å². The Morgan fingerprint density at radius 1 is 0.913 bits per heavy atom. The summed E-state index contributed by atoms with van der Waals surface area (Å²) >= 11 is 0. The molecule has 250 valence electrons. The van der Waals surface area contributed by atoms with Gasteiger partial charge in [0.1, 0.15) is 12.4 Å². The second kappa shape index (κ2) is 18.3. The van der Waals surface area contributed by atoms with Gasteiger partial charge < -0.3 is 14.6 Å². The number of aliphatic hydroxyl groups is 1. The fourth-order valence-electron chi connectivity index (χ4n) is 4.85. The largest absolute Gasteiger partial charge is 0.497 e. The van der Waals surface area contributed by atoms with Gasteiger partial charge in [-0.1, -0.05) is 94.3 Å². The van der Waals surface area contributed by atoms with Gasteiger partial charge in [-0.25, -0.2) is 23.6 Å². The topological polar surface area (TPSA) is 125 Å². The molecule has 0 spiro atoms. The Morgan fingerprint density at radius 2 is 1.52 bits per heavy atom. The van der Waals surface area contributed by atoms with Crippen LogP contribution in [0, 0.1) is 5.92 Å². The van der Waals surface area contributed by atoms with Gasteiger partial charge in [0.05, 0.1) is 24.2 Å². The number of aliphatic hydroxyl groups excluding tert-OH is 1. The number of hydrogen-bond acceptors (Lipinski definition) is 7. The van der Waals surface area contributed by atoms with E-state index in [1.807, 2.05) is 81.4 Å². The minimum atomic E-state index is -4.03. The van der Waals surface area contributed by atoms with E-state index in [0.29, 0.717) is 12.2 Å². The van der Waals surface area contributed by atoms with Crippen LogP contribution in [0.25, 0.3) is 0 Å². The van der Waals surface area contributed by atoms with Crippen LogP contribution in [-0.4, -0.2) is 67.2 Å². The van der Waals surface area contributed by atoms with Crippen molar-refractivity contribution in [3.63, 3.8) is 0 Å². The standard InChI is InChI=1S/C35H47N3O7S/c1-5-7-22-37(46(42,43)31-20-18-30(44-4)19-21-31)25-33(39)32(24-28-14-10-8-11-15-28)38(34(40)23-27(3)6-2)36-35(41)45-26-29-16-12-9-13-17-29/h8-21,27,32-33,39H,5-7,22-26H2,1-4H3,(H,36,41)/t27-,32?,33+/m0/s1. The van der Waals surface area contributed by atoms with Crippen LogP contribution in [0.5, 0.6) is 5.75 Å². The molecule has 3 aromatic carbocycles. The lowest BCUT2D eigenvalue weighted by Gasteiger charge is -2.37. The van der Waals surface area contributed by atoms with Crippen LogP contribution < -0.4 is 10.2 Å². The number of carbonyl (C=O) groups excluding carboxylic acids is 2. The van der Waals surface area contributed by atoms with Crippen molar-refractivity contribution < 1.29 is 32.6 Å². The van der Waals surface area contributed by atoms with E-state index in [9.17, 15) is 23.1 Å². The molecule has 3 rings (SSSR count). The first kappa shape index (κ1) is 36.5. The van der Waals surface area contributed by atoms with Gasteiger partial charge >= 0.3 is 6.09 Å². The average Bonchev–Trinajstić information content (AvgIpc) is 3.07. The molecule has 0 aliphatic carbocycles. The van der Waals surface area contributed by atoms with Gasteiger partial charge in [0.15, 0.2) is 0 Å². The van der Waals surface area contributed by atoms with Crippen LogP contribution in [0.3, 0.4) is 0 Å². The van der Waals surface area contributed by atoms with E-state index in [2.05, 4.69) is 5.43 Å². The zero-order valence-corrected chi connectivity index (χ0v) is 28.0. The number of methoxy groups -OCH3 is 1. The Bertz CT molecular complexity index is 1450. The summed E-state index contributed by atoms with van der Waals surface area (Å²) in [5.41, 5.74) is 4.16. The summed E-state index contributed by atoms with van der Waals surface area (Å²) in [6, 6.07) is 23.4. The van der Waals surface area contributed by atoms with E-state index < -0.39 is 34.2 Å². The highest BCUT2D eigenvalue weighted by Gasteiger charge is 2.36. The molecule has 0 aliphatic rings. The van der Waals surface area contributed by atoms with Crippen LogP contribution in [0.1, 0.15) is 57.6 Å². The summed E-state index contributed by atoms with van der Waals surface area (Å²) < 4.78 is 39.6. The molecular formula is C35H47N3O7S. The number of ether oxygens (including phenoxy) is 2. The Morgan fingerprint density at radius 3 is 2.09 bits per heavy atom. The maximum Gasteiger partial charge on any atom is 0.426 e. The van der Waals surface area contributed by atoms with Gasteiger partial charge in [-0.3, -0.25) is 4.79 Å². The summed E-state index contributed by atoms with van der Waals surface area (Å²) in [6.07, 6.45) is 0.0444. The third-order valence-corrected chi connectivity index (χ3v) is 9.70. The number of nitrogens with one attached hydrogen (secondary N) is 1. The van der Waals surface area contributed by atoms with Gasteiger partial charge in [0, 0.05) is 19.5 Å². The number of unbranched alkanes of at least 4 members (excludes halogenated alkanes) is 1. The molecule has 1 unspecified atom stereocenters. The van der Waals surface area contributed by atoms with E-state index in [1.165, 1.54) is 23.5 Å². The van der Waals surface area contributed by atoms with Crippen molar-refractivity contribution in [1.82, 2.24) is 14.7 Å². The summed E-state index contributed by atoms with van der Waals surface area (Å²) in [7, 11) is -2.53. The Balaban J connectivity index is 1.96. The molecule has 0 aromatic heterocycles. The minimum absolute atomic E-state index is 0.00293. The van der Waals surface area contributed by atoms with E-state index >= 15 is 0 Å². The number of rotatable bonds is 17. The quantitative estimate of drug-likeness (QED) is 0.183. The van der Waals surface area contributed by atoms with Gasteiger partial charge in [-0.05, 0) is 54.2 Å².